The molecule has 0 saturated carbocycles. The van der Waals surface area contributed by atoms with Crippen molar-refractivity contribution in [3.8, 4) is 11.3 Å². The van der Waals surface area contributed by atoms with E-state index in [1.807, 2.05) is 0 Å². The zero-order valence-electron chi connectivity index (χ0n) is 15.5. The molecule has 0 aliphatic carbocycles. The van der Waals surface area contributed by atoms with Gasteiger partial charge in [0.25, 0.3) is 17.5 Å². The van der Waals surface area contributed by atoms with Crippen LogP contribution >= 0.6 is 11.6 Å². The van der Waals surface area contributed by atoms with Crippen LogP contribution < -0.4 is 5.32 Å². The summed E-state index contributed by atoms with van der Waals surface area (Å²) in [6.07, 6.45) is 2.59. The molecule has 156 valence electrons. The van der Waals surface area contributed by atoms with Gasteiger partial charge in [0, 0.05) is 11.6 Å². The number of carbonyl (C=O) groups is 3. The van der Waals surface area contributed by atoms with Gasteiger partial charge < -0.3 is 8.83 Å². The normalized spacial score (nSPS) is 15.5. The van der Waals surface area contributed by atoms with Crippen LogP contribution in [-0.2, 0) is 16.1 Å². The number of nitro benzene ring substituents is 1. The van der Waals surface area contributed by atoms with Gasteiger partial charge in [-0.25, -0.2) is 4.79 Å². The lowest BCUT2D eigenvalue weighted by atomic mass is 10.1. The number of nitro groups is 1. The lowest BCUT2D eigenvalue weighted by Crippen LogP contribution is -2.53. The molecule has 0 atom stereocenters. The summed E-state index contributed by atoms with van der Waals surface area (Å²) in [4.78, 5) is 48.3. The third kappa shape index (κ3) is 3.96. The Hall–Kier alpha value is -4.18. The van der Waals surface area contributed by atoms with E-state index in [-0.39, 0.29) is 34.3 Å². The Morgan fingerprint density at radius 1 is 1.16 bits per heavy atom. The van der Waals surface area contributed by atoms with Crippen molar-refractivity contribution in [2.24, 2.45) is 0 Å². The van der Waals surface area contributed by atoms with Crippen molar-refractivity contribution in [1.29, 1.82) is 0 Å². The number of halogens is 1. The zero-order chi connectivity index (χ0) is 22.1. The third-order valence-corrected chi connectivity index (χ3v) is 4.74. The van der Waals surface area contributed by atoms with Gasteiger partial charge in [-0.3, -0.25) is 29.9 Å². The minimum Gasteiger partial charge on any atom is -0.467 e. The highest BCUT2D eigenvalue weighted by molar-refractivity contribution is 6.32. The fraction of sp³-hybridized carbons (Fsp3) is 0.0500. The van der Waals surface area contributed by atoms with Crippen LogP contribution in [0, 0.1) is 10.1 Å². The average Bonchev–Trinajstić information content (AvgIpc) is 3.40. The van der Waals surface area contributed by atoms with Gasteiger partial charge in [0.2, 0.25) is 0 Å². The van der Waals surface area contributed by atoms with Crippen LogP contribution in [-0.4, -0.2) is 27.7 Å². The third-order valence-electron chi connectivity index (χ3n) is 4.42. The minimum atomic E-state index is -0.870. The van der Waals surface area contributed by atoms with Gasteiger partial charge >= 0.3 is 6.03 Å². The van der Waals surface area contributed by atoms with Crippen LogP contribution in [0.2, 0.25) is 5.02 Å². The molecule has 10 nitrogen and oxygen atoms in total. The van der Waals surface area contributed by atoms with Crippen LogP contribution in [0.1, 0.15) is 11.5 Å². The highest BCUT2D eigenvalue weighted by Gasteiger charge is 2.36. The van der Waals surface area contributed by atoms with Gasteiger partial charge in [-0.15, -0.1) is 0 Å². The predicted octanol–water partition coefficient (Wildman–Crippen LogP) is 3.76. The fourth-order valence-corrected chi connectivity index (χ4v) is 3.12. The largest absolute Gasteiger partial charge is 0.467 e. The first kappa shape index (κ1) is 20.1. The van der Waals surface area contributed by atoms with E-state index in [9.17, 15) is 24.5 Å². The molecule has 1 N–H and O–H groups in total. The van der Waals surface area contributed by atoms with Crippen molar-refractivity contribution in [2.45, 2.75) is 6.54 Å². The summed E-state index contributed by atoms with van der Waals surface area (Å²) >= 11 is 5.82. The van der Waals surface area contributed by atoms with Crippen molar-refractivity contribution < 1.29 is 28.1 Å². The Kier molecular flexibility index (Phi) is 5.14. The second kappa shape index (κ2) is 7.92. The first-order valence-corrected chi connectivity index (χ1v) is 9.16. The van der Waals surface area contributed by atoms with E-state index in [0.717, 1.165) is 4.90 Å². The SMILES string of the molecule is O=C1NC(=O)N(Cc2ccco2)C(=O)C1=Cc1ccc(-c2ccc(Cl)c([N+](=O)[O-])c2)o1. The number of imide groups is 2. The number of furan rings is 2. The number of hydrogen-bond acceptors (Lipinski definition) is 7. The second-order valence-electron chi connectivity index (χ2n) is 6.41. The molecule has 1 aromatic carbocycles. The van der Waals surface area contributed by atoms with Crippen LogP contribution in [0.25, 0.3) is 17.4 Å². The maximum absolute atomic E-state index is 12.7. The van der Waals surface area contributed by atoms with E-state index in [0.29, 0.717) is 11.3 Å². The number of nitrogens with zero attached hydrogens (tertiary/aromatic N) is 2. The Morgan fingerprint density at radius 3 is 2.68 bits per heavy atom. The summed E-state index contributed by atoms with van der Waals surface area (Å²) in [7, 11) is 0. The molecule has 3 heterocycles. The summed E-state index contributed by atoms with van der Waals surface area (Å²) in [6.45, 7) is -0.153. The highest BCUT2D eigenvalue weighted by atomic mass is 35.5. The molecular weight excluding hydrogens is 430 g/mol. The van der Waals surface area contributed by atoms with Gasteiger partial charge in [-0.05, 0) is 42.5 Å². The van der Waals surface area contributed by atoms with Crippen molar-refractivity contribution in [3.05, 3.63) is 81.0 Å². The second-order valence-corrected chi connectivity index (χ2v) is 6.82. The van der Waals surface area contributed by atoms with E-state index in [2.05, 4.69) is 5.32 Å². The Morgan fingerprint density at radius 2 is 1.97 bits per heavy atom. The molecular formula is C20H12ClN3O7. The van der Waals surface area contributed by atoms with E-state index in [4.69, 9.17) is 20.4 Å². The van der Waals surface area contributed by atoms with Gasteiger partial charge in [0.15, 0.2) is 0 Å². The molecule has 0 unspecified atom stereocenters. The molecule has 0 bridgehead atoms. The monoisotopic (exact) mass is 441 g/mol. The van der Waals surface area contributed by atoms with E-state index < -0.39 is 22.8 Å². The molecule has 11 heteroatoms. The fourth-order valence-electron chi connectivity index (χ4n) is 2.93. The quantitative estimate of drug-likeness (QED) is 0.275. The van der Waals surface area contributed by atoms with Gasteiger partial charge in [-0.2, -0.15) is 0 Å². The molecule has 1 aliphatic heterocycles. The standard InChI is InChI=1S/C20H12ClN3O7/c21-15-5-3-11(8-16(15)24(28)29)17-6-4-12(31-17)9-14-18(25)22-20(27)23(19(14)26)10-13-2-1-7-30-13/h1-9H,10H2,(H,22,25,27). The molecule has 2 aromatic heterocycles. The first-order chi connectivity index (χ1) is 14.8. The molecule has 1 saturated heterocycles. The summed E-state index contributed by atoms with van der Waals surface area (Å²) in [5.41, 5.74) is -0.215. The molecule has 0 spiro atoms. The molecule has 3 aromatic rings. The molecule has 4 rings (SSSR count). The van der Waals surface area contributed by atoms with Crippen molar-refractivity contribution in [1.82, 2.24) is 10.2 Å². The zero-order valence-corrected chi connectivity index (χ0v) is 16.3. The molecule has 4 amide bonds. The highest BCUT2D eigenvalue weighted by Crippen LogP contribution is 2.31. The lowest BCUT2D eigenvalue weighted by molar-refractivity contribution is -0.384. The number of rotatable bonds is 5. The molecule has 1 aliphatic rings. The maximum Gasteiger partial charge on any atom is 0.331 e. The lowest BCUT2D eigenvalue weighted by Gasteiger charge is -2.25. The minimum absolute atomic E-state index is 0.0200. The summed E-state index contributed by atoms with van der Waals surface area (Å²) < 4.78 is 10.8. The molecule has 0 radical (unpaired) electrons. The topological polar surface area (TPSA) is 136 Å². The summed E-state index contributed by atoms with van der Waals surface area (Å²) in [5.74, 6) is -0.921. The number of amides is 4. The predicted molar refractivity (Wildman–Crippen MR) is 107 cm³/mol. The summed E-state index contributed by atoms with van der Waals surface area (Å²) in [6, 6.07) is 9.49. The number of urea groups is 1. The molecule has 1 fully saturated rings. The van der Waals surface area contributed by atoms with Crippen molar-refractivity contribution in [2.75, 3.05) is 0 Å². The smallest absolute Gasteiger partial charge is 0.331 e. The van der Waals surface area contributed by atoms with Gasteiger partial charge in [0.05, 0.1) is 17.7 Å². The van der Waals surface area contributed by atoms with Crippen molar-refractivity contribution >= 4 is 41.2 Å². The number of hydrogen-bond donors (Lipinski definition) is 1. The van der Waals surface area contributed by atoms with E-state index in [1.165, 1.54) is 42.7 Å². The number of nitrogens with one attached hydrogen (secondary N) is 1. The van der Waals surface area contributed by atoms with E-state index >= 15 is 0 Å². The Bertz CT molecular complexity index is 1240. The van der Waals surface area contributed by atoms with Crippen LogP contribution in [0.5, 0.6) is 0 Å². The van der Waals surface area contributed by atoms with Crippen LogP contribution in [0.3, 0.4) is 0 Å². The van der Waals surface area contributed by atoms with Gasteiger partial charge in [0.1, 0.15) is 27.9 Å². The van der Waals surface area contributed by atoms with Gasteiger partial charge in [-0.1, -0.05) is 11.6 Å². The Balaban J connectivity index is 1.62. The first-order valence-electron chi connectivity index (χ1n) is 8.79. The number of carbonyl (C=O) groups excluding carboxylic acids is 3. The number of benzene rings is 1. The molecule has 31 heavy (non-hydrogen) atoms. The van der Waals surface area contributed by atoms with Crippen LogP contribution in [0.4, 0.5) is 10.5 Å². The average molecular weight is 442 g/mol. The maximum atomic E-state index is 12.7. The number of barbiturate groups is 1. The summed E-state index contributed by atoms with van der Waals surface area (Å²) in [5, 5.41) is 13.1. The van der Waals surface area contributed by atoms with Crippen LogP contribution in [0.15, 0.2) is 63.1 Å². The van der Waals surface area contributed by atoms with E-state index in [1.54, 1.807) is 12.1 Å². The van der Waals surface area contributed by atoms with Crippen molar-refractivity contribution in [3.63, 3.8) is 0 Å². The Labute approximate surface area is 178 Å².